The Balaban J connectivity index is 2.59. The summed E-state index contributed by atoms with van der Waals surface area (Å²) in [6.45, 7) is 5.73. The summed E-state index contributed by atoms with van der Waals surface area (Å²) in [5, 5.41) is 3.56. The molecule has 0 radical (unpaired) electrons. The smallest absolute Gasteiger partial charge is 0.185 e. The Bertz CT molecular complexity index is 500. The normalized spacial score (nSPS) is 11.7. The molecule has 1 aromatic rings. The van der Waals surface area contributed by atoms with Gasteiger partial charge in [-0.2, -0.15) is 4.37 Å². The van der Waals surface area contributed by atoms with Gasteiger partial charge in [-0.15, -0.1) is 0 Å². The summed E-state index contributed by atoms with van der Waals surface area (Å²) < 4.78 is 33.6. The first kappa shape index (κ1) is 17.2. The highest BCUT2D eigenvalue weighted by atomic mass is 32.2. The molecule has 0 bridgehead atoms. The Morgan fingerprint density at radius 2 is 2.05 bits per heavy atom. The summed E-state index contributed by atoms with van der Waals surface area (Å²) in [6.07, 6.45) is 2.68. The molecule has 0 amide bonds. The number of aromatic nitrogens is 1. The largest absolute Gasteiger partial charge is 0.382 e. The summed E-state index contributed by atoms with van der Waals surface area (Å²) in [4.78, 5) is 0.137. The van der Waals surface area contributed by atoms with Crippen molar-refractivity contribution in [2.45, 2.75) is 38.0 Å². The van der Waals surface area contributed by atoms with Crippen molar-refractivity contribution in [2.24, 2.45) is 0 Å². The maximum atomic E-state index is 12.1. The number of ether oxygens (including phenoxy) is 1. The fourth-order valence-electron chi connectivity index (χ4n) is 1.66. The van der Waals surface area contributed by atoms with Crippen LogP contribution >= 0.6 is 11.5 Å². The van der Waals surface area contributed by atoms with E-state index in [9.17, 15) is 8.42 Å². The fourth-order valence-corrected chi connectivity index (χ4v) is 4.31. The minimum absolute atomic E-state index is 0.0806. The lowest BCUT2D eigenvalue weighted by Crippen LogP contribution is -2.13. The fraction of sp³-hybridized carbons (Fsp3) is 0.750. The quantitative estimate of drug-likeness (QED) is 0.641. The van der Waals surface area contributed by atoms with Crippen LogP contribution in [-0.4, -0.2) is 38.3 Å². The van der Waals surface area contributed by atoms with E-state index < -0.39 is 9.84 Å². The molecular formula is C12H23N3O3S2. The Hall–Kier alpha value is -0.860. The first-order valence-corrected chi connectivity index (χ1v) is 9.25. The van der Waals surface area contributed by atoms with E-state index >= 15 is 0 Å². The highest BCUT2D eigenvalue weighted by Crippen LogP contribution is 2.32. The zero-order valence-corrected chi connectivity index (χ0v) is 13.6. The van der Waals surface area contributed by atoms with Gasteiger partial charge in [0, 0.05) is 13.2 Å². The first-order valence-electron chi connectivity index (χ1n) is 6.82. The monoisotopic (exact) mass is 321 g/mol. The molecule has 1 rings (SSSR count). The van der Waals surface area contributed by atoms with Crippen LogP contribution in [0.15, 0.2) is 4.90 Å². The summed E-state index contributed by atoms with van der Waals surface area (Å²) >= 11 is 1.08. The maximum absolute atomic E-state index is 12.1. The van der Waals surface area contributed by atoms with Gasteiger partial charge in [0.2, 0.25) is 0 Å². The number of sulfone groups is 1. The zero-order chi connectivity index (χ0) is 15.0. The first-order chi connectivity index (χ1) is 9.53. The van der Waals surface area contributed by atoms with Crippen molar-refractivity contribution in [1.29, 1.82) is 0 Å². The molecule has 0 aliphatic carbocycles. The van der Waals surface area contributed by atoms with Crippen molar-refractivity contribution < 1.29 is 13.2 Å². The molecule has 0 atom stereocenters. The van der Waals surface area contributed by atoms with Crippen LogP contribution in [0.1, 0.15) is 33.1 Å². The number of nitrogens with zero attached hydrogens (tertiary/aromatic N) is 1. The second kappa shape index (κ2) is 8.43. The van der Waals surface area contributed by atoms with Crippen molar-refractivity contribution in [1.82, 2.24) is 4.37 Å². The number of rotatable bonds is 10. The molecule has 0 fully saturated rings. The van der Waals surface area contributed by atoms with E-state index in [1.165, 1.54) is 0 Å². The lowest BCUT2D eigenvalue weighted by Gasteiger charge is -2.08. The molecule has 0 saturated carbocycles. The molecule has 0 saturated heterocycles. The minimum Gasteiger partial charge on any atom is -0.382 e. The predicted octanol–water partition coefficient (Wildman–Crippen LogP) is 2.14. The van der Waals surface area contributed by atoms with Crippen LogP contribution in [-0.2, 0) is 14.6 Å². The average molecular weight is 321 g/mol. The van der Waals surface area contributed by atoms with Crippen LogP contribution in [0.25, 0.3) is 0 Å². The third-order valence-electron chi connectivity index (χ3n) is 2.63. The Morgan fingerprint density at radius 3 is 2.70 bits per heavy atom. The van der Waals surface area contributed by atoms with Gasteiger partial charge in [-0.3, -0.25) is 0 Å². The molecule has 6 nitrogen and oxygen atoms in total. The minimum atomic E-state index is -3.36. The lowest BCUT2D eigenvalue weighted by atomic mass is 10.4. The highest BCUT2D eigenvalue weighted by Gasteiger charge is 2.24. The number of hydrogen-bond donors (Lipinski definition) is 2. The molecule has 1 aromatic heterocycles. The lowest BCUT2D eigenvalue weighted by molar-refractivity contribution is 0.141. The van der Waals surface area contributed by atoms with Crippen LogP contribution in [0.3, 0.4) is 0 Å². The molecular weight excluding hydrogens is 298 g/mol. The van der Waals surface area contributed by atoms with E-state index in [0.29, 0.717) is 24.6 Å². The van der Waals surface area contributed by atoms with Gasteiger partial charge in [-0.25, -0.2) is 8.42 Å². The number of nitrogens with two attached hydrogens (primary N) is 1. The van der Waals surface area contributed by atoms with Crippen molar-refractivity contribution in [3.63, 3.8) is 0 Å². The zero-order valence-electron chi connectivity index (χ0n) is 12.0. The summed E-state index contributed by atoms with van der Waals surface area (Å²) in [5.74, 6) is 0.162. The molecule has 0 spiro atoms. The molecule has 8 heteroatoms. The molecule has 1 heterocycles. The molecule has 0 aliphatic rings. The van der Waals surface area contributed by atoms with Gasteiger partial charge in [0.15, 0.2) is 15.7 Å². The van der Waals surface area contributed by atoms with E-state index in [-0.39, 0.29) is 16.5 Å². The van der Waals surface area contributed by atoms with Gasteiger partial charge in [-0.1, -0.05) is 20.3 Å². The maximum Gasteiger partial charge on any atom is 0.185 e. The Labute approximate surface area is 124 Å². The number of unbranched alkanes of at least 4 members (excludes halogenated alkanes) is 1. The van der Waals surface area contributed by atoms with E-state index in [0.717, 1.165) is 31.0 Å². The van der Waals surface area contributed by atoms with Crippen molar-refractivity contribution >= 4 is 32.2 Å². The third kappa shape index (κ3) is 4.92. The van der Waals surface area contributed by atoms with Crippen LogP contribution < -0.4 is 11.1 Å². The van der Waals surface area contributed by atoms with Crippen molar-refractivity contribution in [3.8, 4) is 0 Å². The molecule has 0 unspecified atom stereocenters. The molecule has 0 aliphatic heterocycles. The average Bonchev–Trinajstić information content (AvgIpc) is 2.75. The van der Waals surface area contributed by atoms with E-state index in [1.54, 1.807) is 0 Å². The van der Waals surface area contributed by atoms with Gasteiger partial charge in [0.05, 0.1) is 12.4 Å². The van der Waals surface area contributed by atoms with Crippen LogP contribution in [0.2, 0.25) is 0 Å². The van der Waals surface area contributed by atoms with Crippen molar-refractivity contribution in [2.75, 3.05) is 36.6 Å². The van der Waals surface area contributed by atoms with Gasteiger partial charge < -0.3 is 15.8 Å². The summed E-state index contributed by atoms with van der Waals surface area (Å²) in [6, 6.07) is 0. The van der Waals surface area contributed by atoms with E-state index in [4.69, 9.17) is 10.5 Å². The second-order valence-corrected chi connectivity index (χ2v) is 7.26. The van der Waals surface area contributed by atoms with Gasteiger partial charge >= 0.3 is 0 Å². The van der Waals surface area contributed by atoms with Crippen LogP contribution in [0.4, 0.5) is 10.8 Å². The Kier molecular flexibility index (Phi) is 7.25. The number of hydrogen-bond acceptors (Lipinski definition) is 7. The Morgan fingerprint density at radius 1 is 1.30 bits per heavy atom. The van der Waals surface area contributed by atoms with E-state index in [2.05, 4.69) is 16.6 Å². The van der Waals surface area contributed by atoms with Crippen LogP contribution in [0, 0.1) is 0 Å². The topological polar surface area (TPSA) is 94.3 Å². The summed E-state index contributed by atoms with van der Waals surface area (Å²) in [7, 11) is -3.36. The molecule has 20 heavy (non-hydrogen) atoms. The molecule has 0 aromatic carbocycles. The van der Waals surface area contributed by atoms with Crippen molar-refractivity contribution in [3.05, 3.63) is 0 Å². The molecule has 116 valence electrons. The SMILES string of the molecule is CCCCOCCNc1snc(N)c1S(=O)(=O)CCC. The highest BCUT2D eigenvalue weighted by molar-refractivity contribution is 7.91. The van der Waals surface area contributed by atoms with Gasteiger partial charge in [0.1, 0.15) is 9.90 Å². The number of nitrogen functional groups attached to an aromatic ring is 1. The summed E-state index contributed by atoms with van der Waals surface area (Å²) in [5.41, 5.74) is 5.68. The van der Waals surface area contributed by atoms with Crippen LogP contribution in [0.5, 0.6) is 0 Å². The number of nitrogens with one attached hydrogen (secondary N) is 1. The second-order valence-electron chi connectivity index (χ2n) is 4.44. The number of anilines is 2. The van der Waals surface area contributed by atoms with Gasteiger partial charge in [-0.05, 0) is 24.4 Å². The van der Waals surface area contributed by atoms with Gasteiger partial charge in [0.25, 0.3) is 0 Å². The standard InChI is InChI=1S/C12H23N3O3S2/c1-3-5-7-18-8-6-14-12-10(11(13)15-19-12)20(16,17)9-4-2/h14H,3-9H2,1-2H3,(H2,13,15). The van der Waals surface area contributed by atoms with E-state index in [1.807, 2.05) is 6.92 Å². The predicted molar refractivity (Wildman–Crippen MR) is 83.1 cm³/mol. The third-order valence-corrected chi connectivity index (χ3v) is 5.56. The molecule has 3 N–H and O–H groups in total.